The Labute approximate surface area is 116 Å². The van der Waals surface area contributed by atoms with Crippen LogP contribution >= 0.6 is 0 Å². The zero-order valence-electron chi connectivity index (χ0n) is 12.5. The van der Waals surface area contributed by atoms with Gasteiger partial charge < -0.3 is 15.3 Å². The number of nitrogens with one attached hydrogen (secondary N) is 1. The van der Waals surface area contributed by atoms with Gasteiger partial charge in [-0.25, -0.2) is 0 Å². The number of aromatic nitrogens is 2. The van der Waals surface area contributed by atoms with Crippen molar-refractivity contribution in [1.29, 1.82) is 0 Å². The van der Waals surface area contributed by atoms with Crippen LogP contribution in [-0.2, 0) is 6.54 Å². The molecule has 1 aromatic heterocycles. The molecule has 1 atom stereocenters. The molecule has 2 N–H and O–H groups in total. The number of hydrogen-bond acceptors (Lipinski definition) is 4. The molecule has 0 aliphatic carbocycles. The Kier molecular flexibility index (Phi) is 7.70. The zero-order valence-corrected chi connectivity index (χ0v) is 12.5. The van der Waals surface area contributed by atoms with E-state index in [4.69, 9.17) is 0 Å². The molecule has 0 saturated heterocycles. The Balaban J connectivity index is 2.43. The number of aryl methyl sites for hydroxylation is 1. The van der Waals surface area contributed by atoms with Crippen LogP contribution in [0.1, 0.15) is 38.8 Å². The maximum absolute atomic E-state index is 9.49. The summed E-state index contributed by atoms with van der Waals surface area (Å²) in [5.41, 5.74) is 1.07. The van der Waals surface area contributed by atoms with Crippen molar-refractivity contribution in [3.63, 3.8) is 0 Å². The Morgan fingerprint density at radius 1 is 1.37 bits per heavy atom. The van der Waals surface area contributed by atoms with E-state index in [0.717, 1.165) is 44.7 Å². The minimum absolute atomic E-state index is 0.0128. The van der Waals surface area contributed by atoms with Gasteiger partial charge in [-0.05, 0) is 19.5 Å². The zero-order chi connectivity index (χ0) is 14.1. The molecule has 0 aliphatic rings. The second kappa shape index (κ2) is 9.07. The van der Waals surface area contributed by atoms with Crippen LogP contribution < -0.4 is 5.32 Å². The quantitative estimate of drug-likeness (QED) is 0.671. The highest BCUT2D eigenvalue weighted by molar-refractivity contribution is 5.10. The monoisotopic (exact) mass is 268 g/mol. The maximum atomic E-state index is 9.49. The van der Waals surface area contributed by atoms with Crippen molar-refractivity contribution in [2.24, 2.45) is 0 Å². The van der Waals surface area contributed by atoms with Gasteiger partial charge in [-0.3, -0.25) is 4.68 Å². The summed E-state index contributed by atoms with van der Waals surface area (Å²) in [6.45, 7) is 11.5. The van der Waals surface area contributed by atoms with Gasteiger partial charge in [0.15, 0.2) is 0 Å². The average molecular weight is 268 g/mol. The molecule has 19 heavy (non-hydrogen) atoms. The number of aliphatic hydroxyl groups excluding tert-OH is 1. The predicted octanol–water partition coefficient (Wildman–Crippen LogP) is 1.26. The molecule has 0 aromatic carbocycles. The second-order valence-electron chi connectivity index (χ2n) is 4.75. The van der Waals surface area contributed by atoms with Crippen molar-refractivity contribution in [2.75, 3.05) is 32.8 Å². The molecule has 1 aromatic rings. The van der Waals surface area contributed by atoms with Gasteiger partial charge >= 0.3 is 0 Å². The van der Waals surface area contributed by atoms with E-state index in [1.54, 1.807) is 0 Å². The third kappa shape index (κ3) is 5.30. The van der Waals surface area contributed by atoms with Crippen LogP contribution in [0.2, 0.25) is 0 Å². The molecule has 0 radical (unpaired) electrons. The Hall–Kier alpha value is -0.910. The van der Waals surface area contributed by atoms with Crippen molar-refractivity contribution < 1.29 is 5.11 Å². The fourth-order valence-corrected chi connectivity index (χ4v) is 2.14. The van der Waals surface area contributed by atoms with Gasteiger partial charge in [0, 0.05) is 31.4 Å². The Bertz CT molecular complexity index is 336. The van der Waals surface area contributed by atoms with E-state index in [9.17, 15) is 5.11 Å². The molecule has 0 spiro atoms. The van der Waals surface area contributed by atoms with Crippen LogP contribution in [0, 0.1) is 0 Å². The summed E-state index contributed by atoms with van der Waals surface area (Å²) in [4.78, 5) is 2.36. The first-order valence-corrected chi connectivity index (χ1v) is 7.34. The molecule has 110 valence electrons. The first-order chi connectivity index (χ1) is 9.24. The molecule has 1 unspecified atom stereocenters. The highest BCUT2D eigenvalue weighted by Gasteiger charge is 2.12. The van der Waals surface area contributed by atoms with Crippen LogP contribution in [0.4, 0.5) is 0 Å². The smallest absolute Gasteiger partial charge is 0.0627 e. The van der Waals surface area contributed by atoms with E-state index in [-0.39, 0.29) is 12.6 Å². The van der Waals surface area contributed by atoms with Crippen LogP contribution in [-0.4, -0.2) is 52.6 Å². The minimum Gasteiger partial charge on any atom is -0.394 e. The summed E-state index contributed by atoms with van der Waals surface area (Å²) in [6.07, 6.45) is 4.94. The number of hydrogen-bond donors (Lipinski definition) is 2. The van der Waals surface area contributed by atoms with Gasteiger partial charge in [0.2, 0.25) is 0 Å². The van der Waals surface area contributed by atoms with Gasteiger partial charge in [-0.1, -0.05) is 20.8 Å². The average Bonchev–Trinajstić information content (AvgIpc) is 2.88. The van der Waals surface area contributed by atoms with E-state index in [0.29, 0.717) is 0 Å². The molecule has 1 heterocycles. The van der Waals surface area contributed by atoms with Gasteiger partial charge in [-0.2, -0.15) is 5.10 Å². The fraction of sp³-hybridized carbons (Fsp3) is 0.786. The summed E-state index contributed by atoms with van der Waals surface area (Å²) in [5, 5.41) is 17.2. The van der Waals surface area contributed by atoms with Gasteiger partial charge in [0.1, 0.15) is 0 Å². The van der Waals surface area contributed by atoms with Crippen molar-refractivity contribution in [1.82, 2.24) is 20.0 Å². The normalized spacial score (nSPS) is 13.1. The number of aliphatic hydroxyl groups is 1. The molecule has 0 amide bonds. The fourth-order valence-electron chi connectivity index (χ4n) is 2.14. The molecular formula is C14H28N4O. The summed E-state index contributed by atoms with van der Waals surface area (Å²) in [7, 11) is 0. The molecule has 0 saturated carbocycles. The highest BCUT2D eigenvalue weighted by atomic mass is 16.3. The molecule has 1 rings (SSSR count). The predicted molar refractivity (Wildman–Crippen MR) is 78.1 cm³/mol. The van der Waals surface area contributed by atoms with Crippen LogP contribution in [0.3, 0.4) is 0 Å². The van der Waals surface area contributed by atoms with E-state index in [1.807, 2.05) is 17.1 Å². The number of nitrogens with zero attached hydrogens (tertiary/aromatic N) is 3. The number of likely N-dealkylation sites (N-methyl/N-ethyl adjacent to an activating group) is 1. The number of rotatable bonds is 10. The van der Waals surface area contributed by atoms with Crippen molar-refractivity contribution in [3.8, 4) is 0 Å². The first-order valence-electron chi connectivity index (χ1n) is 7.34. The van der Waals surface area contributed by atoms with Crippen molar-refractivity contribution in [2.45, 2.75) is 39.8 Å². The maximum Gasteiger partial charge on any atom is 0.0627 e. The molecular weight excluding hydrogens is 240 g/mol. The Morgan fingerprint density at radius 3 is 2.68 bits per heavy atom. The lowest BCUT2D eigenvalue weighted by Crippen LogP contribution is -2.34. The second-order valence-corrected chi connectivity index (χ2v) is 4.75. The third-order valence-corrected chi connectivity index (χ3v) is 3.40. The van der Waals surface area contributed by atoms with Crippen molar-refractivity contribution >= 4 is 0 Å². The van der Waals surface area contributed by atoms with Crippen LogP contribution in [0.15, 0.2) is 12.4 Å². The molecule has 0 bridgehead atoms. The molecule has 5 heteroatoms. The van der Waals surface area contributed by atoms with Gasteiger partial charge in [-0.15, -0.1) is 0 Å². The largest absolute Gasteiger partial charge is 0.394 e. The van der Waals surface area contributed by atoms with Gasteiger partial charge in [0.25, 0.3) is 0 Å². The third-order valence-electron chi connectivity index (χ3n) is 3.40. The lowest BCUT2D eigenvalue weighted by atomic mass is 10.2. The van der Waals surface area contributed by atoms with E-state index < -0.39 is 0 Å². The lowest BCUT2D eigenvalue weighted by molar-refractivity contribution is 0.233. The van der Waals surface area contributed by atoms with E-state index in [2.05, 4.69) is 36.1 Å². The molecule has 0 fully saturated rings. The summed E-state index contributed by atoms with van der Waals surface area (Å²) < 4.78 is 1.93. The van der Waals surface area contributed by atoms with Crippen LogP contribution in [0.5, 0.6) is 0 Å². The van der Waals surface area contributed by atoms with E-state index >= 15 is 0 Å². The lowest BCUT2D eigenvalue weighted by Gasteiger charge is -2.20. The van der Waals surface area contributed by atoms with E-state index in [1.165, 1.54) is 0 Å². The summed E-state index contributed by atoms with van der Waals surface area (Å²) in [6, 6.07) is -0.0128. The standard InChI is InChI=1S/C14H28N4O/c1-4-8-18-11-13(10-16-18)14(12-19)15-7-9-17(5-2)6-3/h10-11,14-15,19H,4-9,12H2,1-3H3. The highest BCUT2D eigenvalue weighted by Crippen LogP contribution is 2.11. The topological polar surface area (TPSA) is 53.3 Å². The van der Waals surface area contributed by atoms with Crippen molar-refractivity contribution in [3.05, 3.63) is 18.0 Å². The summed E-state index contributed by atoms with van der Waals surface area (Å²) in [5.74, 6) is 0. The van der Waals surface area contributed by atoms with Gasteiger partial charge in [0.05, 0.1) is 18.8 Å². The molecule has 0 aliphatic heterocycles. The SMILES string of the molecule is CCCn1cc(C(CO)NCCN(CC)CC)cn1. The van der Waals surface area contributed by atoms with Crippen LogP contribution in [0.25, 0.3) is 0 Å². The minimum atomic E-state index is -0.0128. The molecule has 5 nitrogen and oxygen atoms in total. The Morgan fingerprint density at radius 2 is 2.11 bits per heavy atom. The first kappa shape index (κ1) is 16.1. The summed E-state index contributed by atoms with van der Waals surface area (Å²) >= 11 is 0.